The zero-order valence-electron chi connectivity index (χ0n) is 16.2. The second kappa shape index (κ2) is 8.33. The second-order valence-electron chi connectivity index (χ2n) is 6.44. The number of amides is 1. The number of benzene rings is 1. The van der Waals surface area contributed by atoms with Gasteiger partial charge in [0.2, 0.25) is 5.91 Å². The van der Waals surface area contributed by atoms with Crippen LogP contribution in [-0.4, -0.2) is 40.0 Å². The highest BCUT2D eigenvalue weighted by Crippen LogP contribution is 2.18. The van der Waals surface area contributed by atoms with Crippen LogP contribution in [0.5, 0.6) is 0 Å². The fourth-order valence-corrected chi connectivity index (χ4v) is 3.55. The molecule has 11 heteroatoms. The van der Waals surface area contributed by atoms with Crippen LogP contribution in [0.25, 0.3) is 11.4 Å². The van der Waals surface area contributed by atoms with E-state index in [4.69, 9.17) is 5.73 Å². The predicted octanol–water partition coefficient (Wildman–Crippen LogP) is 1.07. The van der Waals surface area contributed by atoms with Crippen LogP contribution >= 0.6 is 0 Å². The number of hydrogen-bond acceptors (Lipinski definition) is 9. The second-order valence-corrected chi connectivity index (χ2v) is 8.12. The minimum atomic E-state index is -3.94. The molecule has 0 bridgehead atoms. The van der Waals surface area contributed by atoms with Crippen LogP contribution < -0.4 is 10.5 Å². The fraction of sp³-hybridized carbons (Fsp3) is 0.158. The highest BCUT2D eigenvalue weighted by molar-refractivity contribution is 7.90. The number of rotatable bonds is 6. The average Bonchev–Trinajstić information content (AvgIpc) is 2.68. The van der Waals surface area contributed by atoms with Gasteiger partial charge in [0.15, 0.2) is 11.6 Å². The van der Waals surface area contributed by atoms with Gasteiger partial charge in [0.05, 0.1) is 23.0 Å². The number of anilines is 1. The van der Waals surface area contributed by atoms with Crippen molar-refractivity contribution in [1.82, 2.24) is 24.7 Å². The molecule has 0 unspecified atom stereocenters. The van der Waals surface area contributed by atoms with Crippen LogP contribution in [0.3, 0.4) is 0 Å². The van der Waals surface area contributed by atoms with Crippen LogP contribution in [0.15, 0.2) is 47.8 Å². The van der Waals surface area contributed by atoms with Crippen molar-refractivity contribution < 1.29 is 18.0 Å². The van der Waals surface area contributed by atoms with Gasteiger partial charge in [-0.1, -0.05) is 12.1 Å². The molecule has 30 heavy (non-hydrogen) atoms. The predicted molar refractivity (Wildman–Crippen MR) is 108 cm³/mol. The lowest BCUT2D eigenvalue weighted by molar-refractivity contribution is -0.117. The number of nitrogens with zero attached hydrogens (tertiary/aromatic N) is 4. The third-order valence-electron chi connectivity index (χ3n) is 3.98. The minimum Gasteiger partial charge on any atom is -0.382 e. The molecule has 3 rings (SSSR count). The van der Waals surface area contributed by atoms with Crippen molar-refractivity contribution >= 4 is 27.5 Å². The molecule has 0 aliphatic carbocycles. The number of sulfonamides is 1. The number of nitrogen functional groups attached to an aromatic ring is 1. The van der Waals surface area contributed by atoms with E-state index in [1.165, 1.54) is 36.7 Å². The normalized spacial score (nSPS) is 11.1. The Bertz CT molecular complexity index is 1210. The summed E-state index contributed by atoms with van der Waals surface area (Å²) < 4.78 is 25.9. The fourth-order valence-electron chi connectivity index (χ4n) is 2.56. The molecule has 0 saturated carbocycles. The Morgan fingerprint density at radius 2 is 1.67 bits per heavy atom. The van der Waals surface area contributed by atoms with E-state index >= 15 is 0 Å². The Morgan fingerprint density at radius 1 is 1.00 bits per heavy atom. The van der Waals surface area contributed by atoms with Gasteiger partial charge >= 0.3 is 0 Å². The summed E-state index contributed by atoms with van der Waals surface area (Å²) in [6.45, 7) is 2.90. The first-order valence-electron chi connectivity index (χ1n) is 8.73. The van der Waals surface area contributed by atoms with Crippen molar-refractivity contribution in [2.75, 3.05) is 5.73 Å². The van der Waals surface area contributed by atoms with E-state index < -0.39 is 15.9 Å². The number of aryl methyl sites for hydroxylation is 1. The summed E-state index contributed by atoms with van der Waals surface area (Å²) in [5.41, 5.74) is 7.91. The van der Waals surface area contributed by atoms with E-state index in [1.54, 1.807) is 13.1 Å². The van der Waals surface area contributed by atoms with E-state index in [0.29, 0.717) is 17.0 Å². The molecule has 3 aromatic rings. The summed E-state index contributed by atoms with van der Waals surface area (Å²) in [7, 11) is -3.94. The molecule has 0 radical (unpaired) electrons. The van der Waals surface area contributed by atoms with Crippen LogP contribution in [0.4, 0.5) is 5.82 Å². The van der Waals surface area contributed by atoms with Crippen LogP contribution in [-0.2, 0) is 21.2 Å². The van der Waals surface area contributed by atoms with Gasteiger partial charge in [-0.25, -0.2) is 23.1 Å². The SMILES string of the molecule is CC(=O)NS(=O)(=O)c1ccc(CC(=O)c2nc(-c3cnc(C)cn3)cnc2N)cc1. The number of aromatic nitrogens is 4. The number of carbonyl (C=O) groups excluding carboxylic acids is 2. The minimum absolute atomic E-state index is 0.00943. The summed E-state index contributed by atoms with van der Waals surface area (Å²) >= 11 is 0. The number of carbonyl (C=O) groups is 2. The van der Waals surface area contributed by atoms with Gasteiger partial charge < -0.3 is 5.73 Å². The molecule has 0 fully saturated rings. The van der Waals surface area contributed by atoms with Gasteiger partial charge in [-0.3, -0.25) is 19.6 Å². The van der Waals surface area contributed by atoms with E-state index in [1.807, 2.05) is 4.72 Å². The Balaban J connectivity index is 1.81. The first-order valence-corrected chi connectivity index (χ1v) is 10.2. The third-order valence-corrected chi connectivity index (χ3v) is 5.43. The molecule has 0 aliphatic rings. The zero-order valence-corrected chi connectivity index (χ0v) is 17.0. The van der Waals surface area contributed by atoms with Crippen LogP contribution in [0, 0.1) is 6.92 Å². The highest BCUT2D eigenvalue weighted by atomic mass is 32.2. The molecule has 0 saturated heterocycles. The summed E-state index contributed by atoms with van der Waals surface area (Å²) in [5, 5.41) is 0. The molecule has 2 aromatic heterocycles. The summed E-state index contributed by atoms with van der Waals surface area (Å²) in [4.78, 5) is 40.3. The monoisotopic (exact) mass is 426 g/mol. The first kappa shape index (κ1) is 21.0. The van der Waals surface area contributed by atoms with Crippen LogP contribution in [0.2, 0.25) is 0 Å². The van der Waals surface area contributed by atoms with Gasteiger partial charge in [-0.2, -0.15) is 0 Å². The molecule has 154 valence electrons. The third kappa shape index (κ3) is 4.81. The lowest BCUT2D eigenvalue weighted by atomic mass is 10.1. The Kier molecular flexibility index (Phi) is 5.83. The average molecular weight is 426 g/mol. The quantitative estimate of drug-likeness (QED) is 0.550. The van der Waals surface area contributed by atoms with Crippen molar-refractivity contribution in [3.8, 4) is 11.4 Å². The summed E-state index contributed by atoms with van der Waals surface area (Å²) in [6.07, 6.45) is 4.44. The standard InChI is InChI=1S/C19H18N6O4S/c1-11-8-22-15(9-21-11)16-10-23-19(20)18(24-16)17(27)7-13-3-5-14(6-4-13)30(28,29)25-12(2)26/h3-6,8-10H,7H2,1-2H3,(H2,20,23)(H,25,26). The van der Waals surface area contributed by atoms with Crippen molar-refractivity contribution in [1.29, 1.82) is 0 Å². The van der Waals surface area contributed by atoms with Gasteiger partial charge in [0, 0.05) is 19.5 Å². The zero-order chi connectivity index (χ0) is 21.9. The smallest absolute Gasteiger partial charge is 0.264 e. The molecule has 0 atom stereocenters. The Labute approximate surface area is 172 Å². The number of hydrogen-bond donors (Lipinski definition) is 2. The largest absolute Gasteiger partial charge is 0.382 e. The molecular formula is C19H18N6O4S. The number of nitrogens with two attached hydrogens (primary N) is 1. The van der Waals surface area contributed by atoms with Crippen molar-refractivity contribution in [3.63, 3.8) is 0 Å². The van der Waals surface area contributed by atoms with Gasteiger partial charge in [0.25, 0.3) is 10.0 Å². The summed E-state index contributed by atoms with van der Waals surface area (Å²) in [5.74, 6) is -1.10. The summed E-state index contributed by atoms with van der Waals surface area (Å²) in [6, 6.07) is 5.57. The van der Waals surface area contributed by atoms with Crippen molar-refractivity contribution in [2.45, 2.75) is 25.2 Å². The molecule has 1 amide bonds. The highest BCUT2D eigenvalue weighted by Gasteiger charge is 2.18. The van der Waals surface area contributed by atoms with Crippen LogP contribution in [0.1, 0.15) is 28.7 Å². The topological polar surface area (TPSA) is 158 Å². The lowest BCUT2D eigenvalue weighted by Crippen LogP contribution is -2.28. The molecule has 0 spiro atoms. The van der Waals surface area contributed by atoms with Crippen molar-refractivity contribution in [2.24, 2.45) is 0 Å². The Hall–Kier alpha value is -3.73. The maximum Gasteiger partial charge on any atom is 0.264 e. The lowest BCUT2D eigenvalue weighted by Gasteiger charge is -2.08. The molecule has 0 aliphatic heterocycles. The van der Waals surface area contributed by atoms with Crippen molar-refractivity contribution in [3.05, 3.63) is 59.8 Å². The van der Waals surface area contributed by atoms with Gasteiger partial charge in [-0.15, -0.1) is 0 Å². The molecule has 1 aromatic carbocycles. The number of nitrogens with one attached hydrogen (secondary N) is 1. The number of ketones is 1. The molecule has 10 nitrogen and oxygen atoms in total. The number of Topliss-reactive ketones (excluding diaryl/α,β-unsaturated/α-hetero) is 1. The van der Waals surface area contributed by atoms with Gasteiger partial charge in [0.1, 0.15) is 17.1 Å². The van der Waals surface area contributed by atoms with E-state index in [9.17, 15) is 18.0 Å². The Morgan fingerprint density at radius 3 is 2.27 bits per heavy atom. The first-order chi connectivity index (χ1) is 14.2. The molecule has 2 heterocycles. The van der Waals surface area contributed by atoms with E-state index in [-0.39, 0.29) is 28.6 Å². The molecule has 3 N–H and O–H groups in total. The maximum atomic E-state index is 12.7. The van der Waals surface area contributed by atoms with E-state index in [2.05, 4.69) is 19.9 Å². The van der Waals surface area contributed by atoms with Gasteiger partial charge in [-0.05, 0) is 24.6 Å². The molecular weight excluding hydrogens is 408 g/mol. The van der Waals surface area contributed by atoms with E-state index in [0.717, 1.165) is 12.6 Å². The maximum absolute atomic E-state index is 12.7.